The molecule has 2 atom stereocenters. The predicted octanol–water partition coefficient (Wildman–Crippen LogP) is 0.966. The van der Waals surface area contributed by atoms with Gasteiger partial charge in [-0.05, 0) is 38.5 Å². The zero-order chi connectivity index (χ0) is 16.4. The van der Waals surface area contributed by atoms with Crippen LogP contribution in [0.4, 0.5) is 0 Å². The third-order valence-electron chi connectivity index (χ3n) is 5.14. The van der Waals surface area contributed by atoms with Crippen molar-refractivity contribution in [3.05, 3.63) is 0 Å². The molecule has 0 aromatic carbocycles. The highest BCUT2D eigenvalue weighted by Crippen LogP contribution is 2.33. The molecule has 0 unspecified atom stereocenters. The summed E-state index contributed by atoms with van der Waals surface area (Å²) in [6, 6.07) is 1.91. The molecule has 1 aliphatic carbocycles. The van der Waals surface area contributed by atoms with Gasteiger partial charge in [0.2, 0.25) is 11.8 Å². The number of nitrogens with zero attached hydrogens (tertiary/aromatic N) is 3. The van der Waals surface area contributed by atoms with Gasteiger partial charge in [0.05, 0.1) is 6.07 Å². The molecule has 0 aromatic rings. The third-order valence-corrected chi connectivity index (χ3v) is 5.14. The molecule has 2 amide bonds. The van der Waals surface area contributed by atoms with Gasteiger partial charge in [-0.15, -0.1) is 0 Å². The summed E-state index contributed by atoms with van der Waals surface area (Å²) >= 11 is 0. The second-order valence-electron chi connectivity index (χ2n) is 6.89. The van der Waals surface area contributed by atoms with E-state index in [1.54, 1.807) is 9.80 Å². The Bertz CT molecular complexity index is 544. The van der Waals surface area contributed by atoms with E-state index in [1.807, 2.05) is 6.07 Å². The largest absolute Gasteiger partial charge is 0.342 e. The van der Waals surface area contributed by atoms with E-state index in [0.717, 1.165) is 32.1 Å². The standard InChI is InChI=1S/C17H23N3O3/c18-10-14(17(23)19-7-1-2-8-19)15(21)13-4-3-9-20(11-13)16(22)12-5-6-12/h12-14H,1-9,11H2/t13-,14-/m0/s1. The Kier molecular flexibility index (Phi) is 4.65. The van der Waals surface area contributed by atoms with Crippen LogP contribution in [0.1, 0.15) is 38.5 Å². The number of likely N-dealkylation sites (tertiary alicyclic amines) is 2. The molecule has 2 aliphatic heterocycles. The first-order valence-corrected chi connectivity index (χ1v) is 8.62. The van der Waals surface area contributed by atoms with E-state index in [1.165, 1.54) is 0 Å². The van der Waals surface area contributed by atoms with Gasteiger partial charge in [-0.1, -0.05) is 0 Å². The van der Waals surface area contributed by atoms with Gasteiger partial charge >= 0.3 is 0 Å². The lowest BCUT2D eigenvalue weighted by Crippen LogP contribution is -2.46. The quantitative estimate of drug-likeness (QED) is 0.723. The molecule has 6 heteroatoms. The van der Waals surface area contributed by atoms with Crippen LogP contribution in [-0.2, 0) is 14.4 Å². The average molecular weight is 317 g/mol. The lowest BCUT2D eigenvalue weighted by Gasteiger charge is -2.33. The van der Waals surface area contributed by atoms with Crippen molar-refractivity contribution in [2.75, 3.05) is 26.2 Å². The Morgan fingerprint density at radius 1 is 0.913 bits per heavy atom. The lowest BCUT2D eigenvalue weighted by molar-refractivity contribution is -0.141. The van der Waals surface area contributed by atoms with Gasteiger partial charge in [0.25, 0.3) is 0 Å². The van der Waals surface area contributed by atoms with E-state index in [4.69, 9.17) is 0 Å². The summed E-state index contributed by atoms with van der Waals surface area (Å²) in [5.41, 5.74) is 0. The fourth-order valence-electron chi connectivity index (χ4n) is 3.59. The fraction of sp³-hybridized carbons (Fsp3) is 0.765. The molecule has 2 heterocycles. The minimum absolute atomic E-state index is 0.141. The minimum Gasteiger partial charge on any atom is -0.342 e. The highest BCUT2D eigenvalue weighted by molar-refractivity contribution is 6.05. The lowest BCUT2D eigenvalue weighted by atomic mass is 9.86. The Balaban J connectivity index is 1.64. The Labute approximate surface area is 136 Å². The van der Waals surface area contributed by atoms with Crippen molar-refractivity contribution in [3.63, 3.8) is 0 Å². The molecule has 23 heavy (non-hydrogen) atoms. The van der Waals surface area contributed by atoms with Crippen LogP contribution in [-0.4, -0.2) is 53.6 Å². The first-order valence-electron chi connectivity index (χ1n) is 8.62. The third kappa shape index (κ3) is 3.39. The summed E-state index contributed by atoms with van der Waals surface area (Å²) in [7, 11) is 0. The number of hydrogen-bond acceptors (Lipinski definition) is 4. The van der Waals surface area contributed by atoms with Crippen molar-refractivity contribution in [1.29, 1.82) is 5.26 Å². The van der Waals surface area contributed by atoms with Crippen LogP contribution < -0.4 is 0 Å². The fourth-order valence-corrected chi connectivity index (χ4v) is 3.59. The van der Waals surface area contributed by atoms with E-state index in [2.05, 4.69) is 0 Å². The highest BCUT2D eigenvalue weighted by atomic mass is 16.2. The molecule has 124 valence electrons. The molecule has 0 radical (unpaired) electrons. The molecule has 1 saturated carbocycles. The zero-order valence-electron chi connectivity index (χ0n) is 13.4. The second-order valence-corrected chi connectivity index (χ2v) is 6.89. The van der Waals surface area contributed by atoms with Gasteiger partial charge in [-0.25, -0.2) is 0 Å². The van der Waals surface area contributed by atoms with E-state index in [0.29, 0.717) is 32.6 Å². The van der Waals surface area contributed by atoms with Crippen molar-refractivity contribution in [3.8, 4) is 6.07 Å². The van der Waals surface area contributed by atoms with Gasteiger partial charge < -0.3 is 9.80 Å². The van der Waals surface area contributed by atoms with Crippen LogP contribution in [0.5, 0.6) is 0 Å². The van der Waals surface area contributed by atoms with Gasteiger partial charge in [0, 0.05) is 38.0 Å². The van der Waals surface area contributed by atoms with E-state index in [-0.39, 0.29) is 29.4 Å². The summed E-state index contributed by atoms with van der Waals surface area (Å²) in [6.07, 6.45) is 5.20. The number of Topliss-reactive ketones (excluding diaryl/α,β-unsaturated/α-hetero) is 1. The van der Waals surface area contributed by atoms with Crippen LogP contribution in [0.25, 0.3) is 0 Å². The van der Waals surface area contributed by atoms with Crippen LogP contribution in [0.3, 0.4) is 0 Å². The number of carbonyl (C=O) groups is 3. The molecule has 3 fully saturated rings. The zero-order valence-corrected chi connectivity index (χ0v) is 13.4. The number of piperidine rings is 1. The summed E-state index contributed by atoms with van der Waals surface area (Å²) in [5, 5.41) is 9.33. The second kappa shape index (κ2) is 6.69. The van der Waals surface area contributed by atoms with Crippen molar-refractivity contribution in [1.82, 2.24) is 9.80 Å². The van der Waals surface area contributed by atoms with Crippen LogP contribution in [0.2, 0.25) is 0 Å². The van der Waals surface area contributed by atoms with Crippen molar-refractivity contribution in [2.24, 2.45) is 17.8 Å². The van der Waals surface area contributed by atoms with Crippen LogP contribution >= 0.6 is 0 Å². The van der Waals surface area contributed by atoms with E-state index < -0.39 is 5.92 Å². The van der Waals surface area contributed by atoms with E-state index in [9.17, 15) is 19.6 Å². The van der Waals surface area contributed by atoms with Gasteiger partial charge in [0.15, 0.2) is 11.7 Å². The number of rotatable bonds is 4. The summed E-state index contributed by atoms with van der Waals surface area (Å²) < 4.78 is 0. The SMILES string of the molecule is N#C[C@@H](C(=O)[C@H]1CCCN(C(=O)C2CC2)C1)C(=O)N1CCCC1. The van der Waals surface area contributed by atoms with E-state index >= 15 is 0 Å². The average Bonchev–Trinajstić information content (AvgIpc) is 3.28. The number of nitriles is 1. The Morgan fingerprint density at radius 3 is 2.17 bits per heavy atom. The maximum Gasteiger partial charge on any atom is 0.247 e. The molecule has 0 spiro atoms. The number of carbonyl (C=O) groups excluding carboxylic acids is 3. The summed E-state index contributed by atoms with van der Waals surface area (Å²) in [6.45, 7) is 2.35. The molecule has 0 N–H and O–H groups in total. The van der Waals surface area contributed by atoms with Crippen molar-refractivity contribution >= 4 is 17.6 Å². The topological polar surface area (TPSA) is 81.5 Å². The maximum atomic E-state index is 12.7. The predicted molar refractivity (Wildman–Crippen MR) is 82.0 cm³/mol. The maximum absolute atomic E-state index is 12.7. The Hall–Kier alpha value is -1.90. The smallest absolute Gasteiger partial charge is 0.247 e. The first-order chi connectivity index (χ1) is 11.1. The Morgan fingerprint density at radius 2 is 1.57 bits per heavy atom. The first kappa shape index (κ1) is 16.0. The van der Waals surface area contributed by atoms with Gasteiger partial charge in [-0.3, -0.25) is 14.4 Å². The number of amides is 2. The molecule has 6 nitrogen and oxygen atoms in total. The highest BCUT2D eigenvalue weighted by Gasteiger charge is 2.40. The molecular weight excluding hydrogens is 294 g/mol. The molecule has 3 rings (SSSR count). The normalized spacial score (nSPS) is 25.8. The molecule has 0 aromatic heterocycles. The van der Waals surface area contributed by atoms with Crippen molar-refractivity contribution < 1.29 is 14.4 Å². The van der Waals surface area contributed by atoms with Gasteiger partial charge in [0.1, 0.15) is 0 Å². The molecular formula is C17H23N3O3. The van der Waals surface area contributed by atoms with Gasteiger partial charge in [-0.2, -0.15) is 5.26 Å². The molecule has 2 saturated heterocycles. The summed E-state index contributed by atoms with van der Waals surface area (Å²) in [5.74, 6) is -1.93. The van der Waals surface area contributed by atoms with Crippen LogP contribution in [0, 0.1) is 29.1 Å². The number of ketones is 1. The van der Waals surface area contributed by atoms with Crippen LogP contribution in [0.15, 0.2) is 0 Å². The minimum atomic E-state index is -1.20. The molecule has 3 aliphatic rings. The van der Waals surface area contributed by atoms with Crippen molar-refractivity contribution in [2.45, 2.75) is 38.5 Å². The monoisotopic (exact) mass is 317 g/mol. The number of hydrogen-bond donors (Lipinski definition) is 0. The summed E-state index contributed by atoms with van der Waals surface area (Å²) in [4.78, 5) is 40.6. The molecule has 0 bridgehead atoms.